The molecule has 5 heteroatoms. The molecule has 0 saturated heterocycles. The molecule has 0 aromatic heterocycles. The van der Waals surface area contributed by atoms with Gasteiger partial charge in [-0.05, 0) is 43.6 Å². The van der Waals surface area contributed by atoms with Crippen molar-refractivity contribution in [3.63, 3.8) is 0 Å². The van der Waals surface area contributed by atoms with Gasteiger partial charge in [-0.3, -0.25) is 9.59 Å². The van der Waals surface area contributed by atoms with Crippen LogP contribution in [0.2, 0.25) is 5.02 Å². The van der Waals surface area contributed by atoms with Gasteiger partial charge in [0, 0.05) is 17.9 Å². The fraction of sp³-hybridized carbons (Fsp3) is 0.478. The van der Waals surface area contributed by atoms with Crippen LogP contribution in [-0.4, -0.2) is 22.3 Å². The Morgan fingerprint density at radius 2 is 1.93 bits per heavy atom. The molecule has 0 bridgehead atoms. The zero-order valence-electron chi connectivity index (χ0n) is 17.2. The van der Waals surface area contributed by atoms with Gasteiger partial charge in [0.1, 0.15) is 17.3 Å². The first-order valence-electron chi connectivity index (χ1n) is 9.61. The van der Waals surface area contributed by atoms with Crippen LogP contribution in [-0.2, 0) is 11.2 Å². The Bertz CT molecular complexity index is 853. The molecule has 0 aliphatic heterocycles. The molecule has 1 aliphatic carbocycles. The van der Waals surface area contributed by atoms with Crippen molar-refractivity contribution in [1.29, 1.82) is 0 Å². The van der Waals surface area contributed by atoms with Gasteiger partial charge in [0.25, 0.3) is 0 Å². The Morgan fingerprint density at radius 1 is 1.29 bits per heavy atom. The number of phenolic OH excluding ortho intramolecular Hbond substituents is 2. The molecule has 1 aromatic rings. The van der Waals surface area contributed by atoms with E-state index in [0.29, 0.717) is 30.0 Å². The molecule has 28 heavy (non-hydrogen) atoms. The number of rotatable bonds is 5. The van der Waals surface area contributed by atoms with Crippen molar-refractivity contribution in [2.45, 2.75) is 53.9 Å². The average molecular weight is 405 g/mol. The van der Waals surface area contributed by atoms with E-state index in [4.69, 9.17) is 11.6 Å². The molecule has 0 spiro atoms. The van der Waals surface area contributed by atoms with Gasteiger partial charge in [0.2, 0.25) is 0 Å². The van der Waals surface area contributed by atoms with Crippen LogP contribution in [0, 0.1) is 24.2 Å². The second-order valence-electron chi connectivity index (χ2n) is 8.13. The average Bonchev–Trinajstić information content (AvgIpc) is 2.66. The highest BCUT2D eigenvalue weighted by atomic mass is 35.5. The van der Waals surface area contributed by atoms with E-state index in [1.165, 1.54) is 0 Å². The molecule has 1 aromatic carbocycles. The standard InChI is InChI=1S/C23H29ClO4/c1-13(10-11-23(5)14(2)7-9-19(26)16(23)4)6-8-17-21(27)18(12-25)15(3)20(24)22(17)28/h6,10-12,14,16,27-28H,7-9H2,1-5H3/b11-10+,13-6-/t14-,16+,23-/m1/s1. The van der Waals surface area contributed by atoms with E-state index in [1.54, 1.807) is 6.92 Å². The number of hydrogen-bond donors (Lipinski definition) is 2. The van der Waals surface area contributed by atoms with Crippen molar-refractivity contribution < 1.29 is 19.8 Å². The smallest absolute Gasteiger partial charge is 0.154 e. The van der Waals surface area contributed by atoms with Gasteiger partial charge < -0.3 is 10.2 Å². The molecule has 1 saturated carbocycles. The minimum Gasteiger partial charge on any atom is -0.507 e. The summed E-state index contributed by atoms with van der Waals surface area (Å²) in [6.07, 6.45) is 8.25. The summed E-state index contributed by atoms with van der Waals surface area (Å²) in [5.41, 5.74) is 1.41. The van der Waals surface area contributed by atoms with Crippen LogP contribution in [0.4, 0.5) is 0 Å². The van der Waals surface area contributed by atoms with Gasteiger partial charge >= 0.3 is 0 Å². The van der Waals surface area contributed by atoms with Gasteiger partial charge in [-0.25, -0.2) is 0 Å². The summed E-state index contributed by atoms with van der Waals surface area (Å²) in [6, 6.07) is 0. The summed E-state index contributed by atoms with van der Waals surface area (Å²) in [5.74, 6) is 0.233. The third-order valence-electron chi connectivity index (χ3n) is 6.52. The molecule has 0 unspecified atom stereocenters. The van der Waals surface area contributed by atoms with Crippen LogP contribution in [0.15, 0.2) is 23.8 Å². The number of carbonyl (C=O) groups excluding carboxylic acids is 2. The second kappa shape index (κ2) is 8.52. The van der Waals surface area contributed by atoms with Crippen molar-refractivity contribution in [2.75, 3.05) is 0 Å². The summed E-state index contributed by atoms with van der Waals surface area (Å²) in [4.78, 5) is 23.4. The molecular weight excluding hydrogens is 376 g/mol. The van der Waals surface area contributed by atoms with Gasteiger partial charge in [-0.2, -0.15) is 0 Å². The number of phenols is 2. The molecular formula is C23H29ClO4. The number of aromatic hydroxyl groups is 2. The number of ketones is 1. The van der Waals surface area contributed by atoms with Crippen LogP contribution in [0.3, 0.4) is 0 Å². The van der Waals surface area contributed by atoms with Gasteiger partial charge in [0.15, 0.2) is 6.29 Å². The van der Waals surface area contributed by atoms with Crippen LogP contribution in [0.25, 0.3) is 0 Å². The summed E-state index contributed by atoms with van der Waals surface area (Å²) >= 11 is 6.09. The monoisotopic (exact) mass is 404 g/mol. The second-order valence-corrected chi connectivity index (χ2v) is 8.50. The number of aldehydes is 1. The quantitative estimate of drug-likeness (QED) is 0.497. The van der Waals surface area contributed by atoms with E-state index in [2.05, 4.69) is 19.9 Å². The fourth-order valence-electron chi connectivity index (χ4n) is 3.83. The van der Waals surface area contributed by atoms with Crippen molar-refractivity contribution in [1.82, 2.24) is 0 Å². The van der Waals surface area contributed by atoms with E-state index in [9.17, 15) is 19.8 Å². The summed E-state index contributed by atoms with van der Waals surface area (Å²) in [6.45, 7) is 9.79. The van der Waals surface area contributed by atoms with Gasteiger partial charge in [-0.15, -0.1) is 0 Å². The maximum absolute atomic E-state index is 12.2. The first-order chi connectivity index (χ1) is 13.0. The lowest BCUT2D eigenvalue weighted by molar-refractivity contribution is -0.129. The Balaban J connectivity index is 2.28. The van der Waals surface area contributed by atoms with Crippen molar-refractivity contribution >= 4 is 23.7 Å². The molecule has 2 N–H and O–H groups in total. The topological polar surface area (TPSA) is 74.6 Å². The Hall–Kier alpha value is -2.07. The van der Waals surface area contributed by atoms with Crippen LogP contribution in [0.5, 0.6) is 11.5 Å². The van der Waals surface area contributed by atoms with Crippen LogP contribution < -0.4 is 0 Å². The van der Waals surface area contributed by atoms with Crippen molar-refractivity contribution in [2.24, 2.45) is 17.3 Å². The number of benzene rings is 1. The van der Waals surface area contributed by atoms with E-state index in [-0.39, 0.29) is 45.4 Å². The first-order valence-corrected chi connectivity index (χ1v) is 9.99. The number of halogens is 1. The first kappa shape index (κ1) is 22.2. The minimum absolute atomic E-state index is 0.0283. The van der Waals surface area contributed by atoms with Gasteiger partial charge in [-0.1, -0.05) is 56.2 Å². The molecule has 2 rings (SSSR count). The molecule has 4 nitrogen and oxygen atoms in total. The lowest BCUT2D eigenvalue weighted by atomic mass is 9.61. The summed E-state index contributed by atoms with van der Waals surface area (Å²) < 4.78 is 0. The number of Topliss-reactive ketones (excluding diaryl/α,β-unsaturated/α-hetero) is 1. The third kappa shape index (κ3) is 4.02. The van der Waals surface area contributed by atoms with E-state index >= 15 is 0 Å². The molecule has 0 heterocycles. The minimum atomic E-state index is -0.241. The maximum atomic E-state index is 12.2. The predicted molar refractivity (Wildman–Crippen MR) is 112 cm³/mol. The van der Waals surface area contributed by atoms with E-state index in [0.717, 1.165) is 12.0 Å². The zero-order valence-corrected chi connectivity index (χ0v) is 17.9. The van der Waals surface area contributed by atoms with E-state index < -0.39 is 0 Å². The fourth-order valence-corrected chi connectivity index (χ4v) is 4.04. The highest BCUT2D eigenvalue weighted by molar-refractivity contribution is 6.33. The largest absolute Gasteiger partial charge is 0.507 e. The summed E-state index contributed by atoms with van der Waals surface area (Å²) in [5, 5.41) is 20.7. The van der Waals surface area contributed by atoms with Crippen LogP contribution in [0.1, 0.15) is 62.0 Å². The molecule has 152 valence electrons. The molecule has 0 amide bonds. The number of carbonyl (C=O) groups is 2. The lowest BCUT2D eigenvalue weighted by Gasteiger charge is -2.42. The highest BCUT2D eigenvalue weighted by Gasteiger charge is 2.41. The van der Waals surface area contributed by atoms with Gasteiger partial charge in [0.05, 0.1) is 10.6 Å². The normalized spacial score (nSPS) is 26.1. The molecule has 3 atom stereocenters. The van der Waals surface area contributed by atoms with E-state index in [1.807, 2.05) is 26.0 Å². The SMILES string of the molecule is CC(=C/Cc1c(O)c(Cl)c(C)c(C=O)c1O)/C=C/[C@]1(C)[C@H](C)CCC(=O)[C@@H]1C. The third-order valence-corrected chi connectivity index (χ3v) is 6.98. The molecule has 0 radical (unpaired) electrons. The van der Waals surface area contributed by atoms with Crippen molar-refractivity contribution in [3.05, 3.63) is 45.5 Å². The Labute approximate surface area is 171 Å². The van der Waals surface area contributed by atoms with Crippen molar-refractivity contribution in [3.8, 4) is 11.5 Å². The molecule has 1 fully saturated rings. The molecule has 1 aliphatic rings. The number of allylic oxidation sites excluding steroid dienone is 4. The Kier molecular flexibility index (Phi) is 6.76. The highest BCUT2D eigenvalue weighted by Crippen LogP contribution is 2.45. The Morgan fingerprint density at radius 3 is 2.54 bits per heavy atom. The summed E-state index contributed by atoms with van der Waals surface area (Å²) in [7, 11) is 0. The zero-order chi connectivity index (χ0) is 21.2. The predicted octanol–water partition coefficient (Wildman–Crippen LogP) is 5.56. The number of hydrogen-bond acceptors (Lipinski definition) is 4. The van der Waals surface area contributed by atoms with Crippen LogP contribution >= 0.6 is 11.6 Å². The maximum Gasteiger partial charge on any atom is 0.154 e. The lowest BCUT2D eigenvalue weighted by Crippen LogP contribution is -2.40.